The van der Waals surface area contributed by atoms with Crippen molar-refractivity contribution in [1.82, 2.24) is 10.3 Å². The Morgan fingerprint density at radius 3 is 3.06 bits per heavy atom. The Hall–Kier alpha value is -1.45. The molecule has 2 N–H and O–H groups in total. The summed E-state index contributed by atoms with van der Waals surface area (Å²) in [6.07, 6.45) is 4.21. The molecule has 1 aromatic heterocycles. The summed E-state index contributed by atoms with van der Waals surface area (Å²) in [5, 5.41) is 15.1. The van der Waals surface area contributed by atoms with Gasteiger partial charge in [0.1, 0.15) is 0 Å². The van der Waals surface area contributed by atoms with Crippen LogP contribution in [0.5, 0.6) is 0 Å². The normalized spacial score (nSPS) is 12.8. The summed E-state index contributed by atoms with van der Waals surface area (Å²) in [6, 6.07) is 8.24. The first-order valence-electron chi connectivity index (χ1n) is 6.01. The summed E-state index contributed by atoms with van der Waals surface area (Å²) < 4.78 is 0. The van der Waals surface area contributed by atoms with Gasteiger partial charge < -0.3 is 10.4 Å². The molecule has 0 saturated heterocycles. The van der Waals surface area contributed by atoms with Crippen molar-refractivity contribution in [2.24, 2.45) is 0 Å². The molecule has 17 heavy (non-hydrogen) atoms. The molecule has 3 heteroatoms. The van der Waals surface area contributed by atoms with Crippen LogP contribution in [0.25, 0.3) is 10.8 Å². The van der Waals surface area contributed by atoms with E-state index in [4.69, 9.17) is 0 Å². The Kier molecular flexibility index (Phi) is 4.07. The SMILES string of the molecule is CCC(O)CNCc1cccc2cnccc12. The molecule has 2 rings (SSSR count). The van der Waals surface area contributed by atoms with Crippen LogP contribution < -0.4 is 5.32 Å². The summed E-state index contributed by atoms with van der Waals surface area (Å²) in [4.78, 5) is 4.12. The maximum absolute atomic E-state index is 9.48. The third-order valence-corrected chi connectivity index (χ3v) is 2.94. The molecular formula is C14H18N2O. The number of pyridine rings is 1. The summed E-state index contributed by atoms with van der Waals surface area (Å²) in [6.45, 7) is 3.40. The molecule has 0 amide bonds. The van der Waals surface area contributed by atoms with Crippen LogP contribution in [0.2, 0.25) is 0 Å². The predicted octanol–water partition coefficient (Wildman–Crippen LogP) is 2.10. The summed E-state index contributed by atoms with van der Waals surface area (Å²) in [5.41, 5.74) is 1.24. The van der Waals surface area contributed by atoms with E-state index in [1.54, 1.807) is 0 Å². The Morgan fingerprint density at radius 1 is 1.35 bits per heavy atom. The summed E-state index contributed by atoms with van der Waals surface area (Å²) in [7, 11) is 0. The lowest BCUT2D eigenvalue weighted by Crippen LogP contribution is -2.25. The first kappa shape index (κ1) is 12.0. The van der Waals surface area contributed by atoms with E-state index in [0.29, 0.717) is 6.54 Å². The number of aromatic nitrogens is 1. The molecule has 2 aromatic rings. The van der Waals surface area contributed by atoms with Gasteiger partial charge in [0.2, 0.25) is 0 Å². The summed E-state index contributed by atoms with van der Waals surface area (Å²) >= 11 is 0. The molecule has 1 heterocycles. The second-order valence-electron chi connectivity index (χ2n) is 4.21. The number of hydrogen-bond acceptors (Lipinski definition) is 3. The molecule has 0 aliphatic heterocycles. The van der Waals surface area contributed by atoms with Crippen LogP contribution in [-0.2, 0) is 6.54 Å². The number of fused-ring (bicyclic) bond motifs is 1. The van der Waals surface area contributed by atoms with E-state index in [2.05, 4.69) is 22.4 Å². The van der Waals surface area contributed by atoms with Crippen LogP contribution in [0.1, 0.15) is 18.9 Å². The third kappa shape index (κ3) is 3.02. The zero-order chi connectivity index (χ0) is 12.1. The maximum Gasteiger partial charge on any atom is 0.0662 e. The number of hydrogen-bond donors (Lipinski definition) is 2. The first-order valence-corrected chi connectivity index (χ1v) is 6.01. The van der Waals surface area contributed by atoms with E-state index >= 15 is 0 Å². The fourth-order valence-corrected chi connectivity index (χ4v) is 1.86. The molecule has 0 radical (unpaired) electrons. The fraction of sp³-hybridized carbons (Fsp3) is 0.357. The van der Waals surface area contributed by atoms with Crippen LogP contribution in [0.4, 0.5) is 0 Å². The van der Waals surface area contributed by atoms with Crippen molar-refractivity contribution in [1.29, 1.82) is 0 Å². The van der Waals surface area contributed by atoms with Crippen molar-refractivity contribution in [2.45, 2.75) is 26.0 Å². The first-order chi connectivity index (χ1) is 8.31. The van der Waals surface area contributed by atoms with E-state index in [0.717, 1.165) is 18.4 Å². The second-order valence-corrected chi connectivity index (χ2v) is 4.21. The van der Waals surface area contributed by atoms with E-state index in [-0.39, 0.29) is 6.10 Å². The van der Waals surface area contributed by atoms with Crippen LogP contribution in [0.15, 0.2) is 36.7 Å². The molecule has 90 valence electrons. The van der Waals surface area contributed by atoms with Crippen LogP contribution in [-0.4, -0.2) is 22.7 Å². The lowest BCUT2D eigenvalue weighted by molar-refractivity contribution is 0.167. The van der Waals surface area contributed by atoms with Gasteiger partial charge in [0, 0.05) is 30.9 Å². The van der Waals surface area contributed by atoms with Crippen LogP contribution >= 0.6 is 0 Å². The van der Waals surface area contributed by atoms with E-state index in [9.17, 15) is 5.11 Å². The summed E-state index contributed by atoms with van der Waals surface area (Å²) in [5.74, 6) is 0. The van der Waals surface area contributed by atoms with Gasteiger partial charge in [-0.3, -0.25) is 4.98 Å². The zero-order valence-electron chi connectivity index (χ0n) is 10.1. The zero-order valence-corrected chi connectivity index (χ0v) is 10.1. The molecule has 0 fully saturated rings. The van der Waals surface area contributed by atoms with Gasteiger partial charge in [0.25, 0.3) is 0 Å². The molecule has 3 nitrogen and oxygen atoms in total. The number of nitrogens with one attached hydrogen (secondary N) is 1. The molecule has 0 aliphatic carbocycles. The van der Waals surface area contributed by atoms with Gasteiger partial charge in [-0.1, -0.05) is 25.1 Å². The largest absolute Gasteiger partial charge is 0.392 e. The highest BCUT2D eigenvalue weighted by Crippen LogP contribution is 2.16. The van der Waals surface area contributed by atoms with Gasteiger partial charge in [0.05, 0.1) is 6.10 Å². The van der Waals surface area contributed by atoms with Crippen LogP contribution in [0, 0.1) is 0 Å². The monoisotopic (exact) mass is 230 g/mol. The third-order valence-electron chi connectivity index (χ3n) is 2.94. The highest BCUT2D eigenvalue weighted by Gasteiger charge is 2.02. The molecule has 0 spiro atoms. The Morgan fingerprint density at radius 2 is 2.24 bits per heavy atom. The van der Waals surface area contributed by atoms with Gasteiger partial charge in [0.15, 0.2) is 0 Å². The lowest BCUT2D eigenvalue weighted by Gasteiger charge is -2.10. The van der Waals surface area contributed by atoms with Crippen molar-refractivity contribution in [3.8, 4) is 0 Å². The predicted molar refractivity (Wildman–Crippen MR) is 69.7 cm³/mol. The Bertz CT molecular complexity index is 479. The molecular weight excluding hydrogens is 212 g/mol. The van der Waals surface area contributed by atoms with Gasteiger partial charge in [-0.05, 0) is 23.4 Å². The van der Waals surface area contributed by atoms with Gasteiger partial charge >= 0.3 is 0 Å². The van der Waals surface area contributed by atoms with E-state index in [1.165, 1.54) is 10.9 Å². The minimum Gasteiger partial charge on any atom is -0.392 e. The molecule has 0 aliphatic rings. The molecule has 0 bridgehead atoms. The van der Waals surface area contributed by atoms with E-state index < -0.39 is 0 Å². The topological polar surface area (TPSA) is 45.1 Å². The van der Waals surface area contributed by atoms with Crippen molar-refractivity contribution < 1.29 is 5.11 Å². The highest BCUT2D eigenvalue weighted by atomic mass is 16.3. The quantitative estimate of drug-likeness (QED) is 0.826. The average molecular weight is 230 g/mol. The number of benzene rings is 1. The smallest absolute Gasteiger partial charge is 0.0662 e. The molecule has 1 aromatic carbocycles. The van der Waals surface area contributed by atoms with Crippen molar-refractivity contribution in [3.63, 3.8) is 0 Å². The van der Waals surface area contributed by atoms with Crippen molar-refractivity contribution >= 4 is 10.8 Å². The molecule has 0 saturated carbocycles. The number of nitrogens with zero attached hydrogens (tertiary/aromatic N) is 1. The second kappa shape index (κ2) is 5.75. The van der Waals surface area contributed by atoms with Gasteiger partial charge in [-0.25, -0.2) is 0 Å². The van der Waals surface area contributed by atoms with Crippen LogP contribution in [0.3, 0.4) is 0 Å². The van der Waals surface area contributed by atoms with E-state index in [1.807, 2.05) is 31.5 Å². The minimum atomic E-state index is -0.258. The maximum atomic E-state index is 9.48. The molecule has 1 unspecified atom stereocenters. The van der Waals surface area contributed by atoms with Gasteiger partial charge in [-0.2, -0.15) is 0 Å². The lowest BCUT2D eigenvalue weighted by atomic mass is 10.1. The standard InChI is InChI=1S/C14H18N2O/c1-2-13(17)10-16-9-12-5-3-4-11-8-15-7-6-14(11)12/h3-8,13,16-17H,2,9-10H2,1H3. The Labute approximate surface area is 102 Å². The Balaban J connectivity index is 2.08. The van der Waals surface area contributed by atoms with Crippen molar-refractivity contribution in [3.05, 3.63) is 42.2 Å². The average Bonchev–Trinajstić information content (AvgIpc) is 2.39. The highest BCUT2D eigenvalue weighted by molar-refractivity contribution is 5.84. The number of aliphatic hydroxyl groups excluding tert-OH is 1. The number of rotatable bonds is 5. The fourth-order valence-electron chi connectivity index (χ4n) is 1.86. The minimum absolute atomic E-state index is 0.258. The van der Waals surface area contributed by atoms with Crippen molar-refractivity contribution in [2.75, 3.05) is 6.54 Å². The van der Waals surface area contributed by atoms with Gasteiger partial charge in [-0.15, -0.1) is 0 Å². The molecule has 1 atom stereocenters. The number of aliphatic hydroxyl groups is 1.